The molecule has 104 valence electrons. The molecule has 21 heavy (non-hydrogen) atoms. The summed E-state index contributed by atoms with van der Waals surface area (Å²) in [7, 11) is 0. The van der Waals surface area contributed by atoms with Crippen LogP contribution in [0.15, 0.2) is 61.2 Å². The molecule has 0 spiro atoms. The lowest BCUT2D eigenvalue weighted by molar-refractivity contribution is 0.806. The van der Waals surface area contributed by atoms with E-state index in [1.165, 1.54) is 0 Å². The van der Waals surface area contributed by atoms with Gasteiger partial charge in [-0.05, 0) is 23.8 Å². The molecule has 4 nitrogen and oxygen atoms in total. The molecule has 0 amide bonds. The van der Waals surface area contributed by atoms with Gasteiger partial charge in [0, 0.05) is 42.5 Å². The number of benzene rings is 1. The van der Waals surface area contributed by atoms with E-state index in [1.54, 1.807) is 12.4 Å². The van der Waals surface area contributed by atoms with E-state index in [9.17, 15) is 0 Å². The topological polar surface area (TPSA) is 56.7 Å². The third-order valence-corrected chi connectivity index (χ3v) is 3.44. The molecule has 1 aromatic carbocycles. The molecule has 0 atom stereocenters. The Morgan fingerprint density at radius 2 is 2.10 bits per heavy atom. The van der Waals surface area contributed by atoms with Crippen molar-refractivity contribution in [2.24, 2.45) is 5.73 Å². The van der Waals surface area contributed by atoms with Crippen molar-refractivity contribution in [1.82, 2.24) is 14.5 Å². The molecule has 3 aromatic rings. The minimum atomic E-state index is 0.412. The largest absolute Gasteiger partial charge is 0.389 e. The number of hydrogen-bond acceptors (Lipinski definition) is 3. The summed E-state index contributed by atoms with van der Waals surface area (Å²) in [6.07, 6.45) is 7.31. The normalized spacial score (nSPS) is 10.5. The number of imidazole rings is 1. The molecule has 0 bridgehead atoms. The van der Waals surface area contributed by atoms with Crippen molar-refractivity contribution in [2.45, 2.75) is 6.54 Å². The molecule has 2 heterocycles. The van der Waals surface area contributed by atoms with Gasteiger partial charge in [-0.25, -0.2) is 4.98 Å². The molecule has 0 saturated carbocycles. The Morgan fingerprint density at radius 3 is 2.86 bits per heavy atom. The Morgan fingerprint density at radius 1 is 1.19 bits per heavy atom. The van der Waals surface area contributed by atoms with Crippen molar-refractivity contribution in [1.29, 1.82) is 0 Å². The van der Waals surface area contributed by atoms with Crippen molar-refractivity contribution in [2.75, 3.05) is 0 Å². The van der Waals surface area contributed by atoms with Gasteiger partial charge >= 0.3 is 0 Å². The lowest BCUT2D eigenvalue weighted by atomic mass is 10.1. The summed E-state index contributed by atoms with van der Waals surface area (Å²) in [4.78, 5) is 8.96. The van der Waals surface area contributed by atoms with E-state index >= 15 is 0 Å². The molecular weight excluding hydrogens is 280 g/mol. The van der Waals surface area contributed by atoms with Crippen LogP contribution in [-0.2, 0) is 6.54 Å². The molecule has 0 aliphatic carbocycles. The van der Waals surface area contributed by atoms with Gasteiger partial charge in [0.2, 0.25) is 0 Å². The van der Waals surface area contributed by atoms with Gasteiger partial charge in [-0.1, -0.05) is 30.4 Å². The summed E-state index contributed by atoms with van der Waals surface area (Å²) < 4.78 is 2.08. The number of pyridine rings is 1. The number of thiocarbonyl (C=S) groups is 1. The highest BCUT2D eigenvalue weighted by atomic mass is 32.1. The molecule has 0 fully saturated rings. The van der Waals surface area contributed by atoms with Crippen molar-refractivity contribution >= 4 is 17.2 Å². The van der Waals surface area contributed by atoms with E-state index in [0.29, 0.717) is 11.5 Å². The van der Waals surface area contributed by atoms with Gasteiger partial charge in [0.25, 0.3) is 0 Å². The van der Waals surface area contributed by atoms with Crippen LogP contribution in [0.5, 0.6) is 0 Å². The summed E-state index contributed by atoms with van der Waals surface area (Å²) in [5, 5.41) is 0. The van der Waals surface area contributed by atoms with Gasteiger partial charge < -0.3 is 10.3 Å². The molecule has 0 aliphatic heterocycles. The second-order valence-corrected chi connectivity index (χ2v) is 5.12. The molecule has 0 radical (unpaired) electrons. The summed E-state index contributed by atoms with van der Waals surface area (Å²) in [6.45, 7) is 0.709. The van der Waals surface area contributed by atoms with E-state index in [-0.39, 0.29) is 0 Å². The Balaban J connectivity index is 1.92. The highest BCUT2D eigenvalue weighted by Crippen LogP contribution is 2.17. The molecule has 2 N–H and O–H groups in total. The maximum Gasteiger partial charge on any atom is 0.141 e. The van der Waals surface area contributed by atoms with Crippen molar-refractivity contribution in [3.63, 3.8) is 0 Å². The number of rotatable bonds is 4. The van der Waals surface area contributed by atoms with Crippen molar-refractivity contribution in [3.05, 3.63) is 72.3 Å². The summed E-state index contributed by atoms with van der Waals surface area (Å²) in [6, 6.07) is 11.8. The first kappa shape index (κ1) is 13.5. The maximum absolute atomic E-state index is 5.68. The Hall–Kier alpha value is -2.53. The molecule has 0 saturated heterocycles. The molecule has 0 unspecified atom stereocenters. The van der Waals surface area contributed by atoms with E-state index < -0.39 is 0 Å². The summed E-state index contributed by atoms with van der Waals surface area (Å²) in [5.41, 5.74) is 8.68. The first-order chi connectivity index (χ1) is 10.2. The van der Waals surface area contributed by atoms with Crippen LogP contribution in [-0.4, -0.2) is 19.5 Å². The van der Waals surface area contributed by atoms with Crippen LogP contribution >= 0.6 is 12.2 Å². The van der Waals surface area contributed by atoms with Gasteiger partial charge in [0.15, 0.2) is 0 Å². The zero-order chi connectivity index (χ0) is 14.7. The molecule has 5 heteroatoms. The number of nitrogens with two attached hydrogens (primary N) is 1. The van der Waals surface area contributed by atoms with Crippen LogP contribution < -0.4 is 5.73 Å². The van der Waals surface area contributed by atoms with E-state index in [4.69, 9.17) is 18.0 Å². The summed E-state index contributed by atoms with van der Waals surface area (Å²) >= 11 is 5.02. The lowest BCUT2D eigenvalue weighted by Crippen LogP contribution is -2.10. The van der Waals surface area contributed by atoms with Crippen LogP contribution in [0.25, 0.3) is 11.4 Å². The SMILES string of the molecule is NC(=S)c1cccc(Cn2ccnc2-c2cccnc2)c1. The monoisotopic (exact) mass is 294 g/mol. The number of aromatic nitrogens is 3. The van der Waals surface area contributed by atoms with Crippen LogP contribution in [0.1, 0.15) is 11.1 Å². The fourth-order valence-electron chi connectivity index (χ4n) is 2.21. The predicted molar refractivity (Wildman–Crippen MR) is 86.9 cm³/mol. The van der Waals surface area contributed by atoms with Crippen molar-refractivity contribution < 1.29 is 0 Å². The number of hydrogen-bond donors (Lipinski definition) is 1. The first-order valence-electron chi connectivity index (χ1n) is 6.54. The van der Waals surface area contributed by atoms with Crippen molar-refractivity contribution in [3.8, 4) is 11.4 Å². The highest BCUT2D eigenvalue weighted by molar-refractivity contribution is 7.80. The van der Waals surface area contributed by atoms with Crippen LogP contribution in [0.3, 0.4) is 0 Å². The zero-order valence-corrected chi connectivity index (χ0v) is 12.1. The van der Waals surface area contributed by atoms with Crippen LogP contribution in [0.2, 0.25) is 0 Å². The minimum Gasteiger partial charge on any atom is -0.389 e. The molecule has 2 aromatic heterocycles. The average molecular weight is 294 g/mol. The highest BCUT2D eigenvalue weighted by Gasteiger charge is 2.07. The standard InChI is InChI=1S/C16H14N4S/c17-15(21)13-4-1-3-12(9-13)11-20-8-7-19-16(20)14-5-2-6-18-10-14/h1-10H,11H2,(H2,17,21). The number of nitrogens with zero attached hydrogens (tertiary/aromatic N) is 3. The Kier molecular flexibility index (Phi) is 3.75. The average Bonchev–Trinajstić information content (AvgIpc) is 2.96. The predicted octanol–water partition coefficient (Wildman–Crippen LogP) is 2.63. The first-order valence-corrected chi connectivity index (χ1v) is 6.95. The fraction of sp³-hybridized carbons (Fsp3) is 0.0625. The zero-order valence-electron chi connectivity index (χ0n) is 11.3. The Labute approximate surface area is 128 Å². The minimum absolute atomic E-state index is 0.412. The van der Waals surface area contributed by atoms with E-state index in [2.05, 4.69) is 20.6 Å². The second-order valence-electron chi connectivity index (χ2n) is 4.69. The lowest BCUT2D eigenvalue weighted by Gasteiger charge is -2.09. The Bertz CT molecular complexity index is 765. The van der Waals surface area contributed by atoms with Gasteiger partial charge in [0.05, 0.1) is 0 Å². The fourth-order valence-corrected chi connectivity index (χ4v) is 2.34. The van der Waals surface area contributed by atoms with E-state index in [0.717, 1.165) is 22.5 Å². The van der Waals surface area contributed by atoms with Gasteiger partial charge in [0.1, 0.15) is 10.8 Å². The molecular formula is C16H14N4S. The van der Waals surface area contributed by atoms with Crippen LogP contribution in [0, 0.1) is 0 Å². The van der Waals surface area contributed by atoms with Crippen LogP contribution in [0.4, 0.5) is 0 Å². The van der Waals surface area contributed by atoms with E-state index in [1.807, 2.05) is 42.7 Å². The molecule has 3 rings (SSSR count). The molecule has 0 aliphatic rings. The van der Waals surface area contributed by atoms with Gasteiger partial charge in [-0.2, -0.15) is 0 Å². The van der Waals surface area contributed by atoms with Gasteiger partial charge in [-0.3, -0.25) is 4.98 Å². The second kappa shape index (κ2) is 5.85. The summed E-state index contributed by atoms with van der Waals surface area (Å²) in [5.74, 6) is 0.892. The smallest absolute Gasteiger partial charge is 0.141 e. The quantitative estimate of drug-likeness (QED) is 0.752. The van der Waals surface area contributed by atoms with Gasteiger partial charge in [-0.15, -0.1) is 0 Å². The third kappa shape index (κ3) is 2.98. The third-order valence-electron chi connectivity index (χ3n) is 3.20. The maximum atomic E-state index is 5.68.